The third kappa shape index (κ3) is 7.44. The van der Waals surface area contributed by atoms with Gasteiger partial charge in [0.2, 0.25) is 5.95 Å². The minimum absolute atomic E-state index is 0.114. The number of nitrogens with one attached hydrogen (secondary N) is 3. The van der Waals surface area contributed by atoms with E-state index in [4.69, 9.17) is 10.5 Å². The van der Waals surface area contributed by atoms with Gasteiger partial charge in [-0.15, -0.1) is 0 Å². The zero-order chi connectivity index (χ0) is 31.1. The van der Waals surface area contributed by atoms with E-state index >= 15 is 0 Å². The number of hydrogen-bond acceptors (Lipinski definition) is 9. The molecule has 0 aliphatic rings. The molecule has 2 aromatic heterocycles. The summed E-state index contributed by atoms with van der Waals surface area (Å²) < 4.78 is 44.9. The number of nitrogens with zero attached hydrogens (tertiary/aromatic N) is 4. The zero-order valence-electron chi connectivity index (χ0n) is 23.4. The molecular formula is C31H27F3N8O2. The molecule has 44 heavy (non-hydrogen) atoms. The van der Waals surface area contributed by atoms with E-state index in [0.717, 1.165) is 23.4 Å². The molecule has 5 aromatic rings. The minimum atomic E-state index is -4.56. The number of anilines is 5. The van der Waals surface area contributed by atoms with E-state index < -0.39 is 17.6 Å². The number of ether oxygens (including phenoxy) is 1. The van der Waals surface area contributed by atoms with Crippen molar-refractivity contribution in [1.82, 2.24) is 19.9 Å². The summed E-state index contributed by atoms with van der Waals surface area (Å²) in [4.78, 5) is 30.3. The molecule has 5 N–H and O–H groups in total. The van der Waals surface area contributed by atoms with Gasteiger partial charge >= 0.3 is 6.18 Å². The predicted octanol–water partition coefficient (Wildman–Crippen LogP) is 6.34. The number of pyridine rings is 1. The van der Waals surface area contributed by atoms with Gasteiger partial charge in [-0.3, -0.25) is 4.79 Å². The van der Waals surface area contributed by atoms with Crippen LogP contribution in [-0.2, 0) is 6.18 Å². The van der Waals surface area contributed by atoms with Gasteiger partial charge in [0.05, 0.1) is 11.1 Å². The first-order valence-corrected chi connectivity index (χ1v) is 13.4. The van der Waals surface area contributed by atoms with Crippen LogP contribution in [0.25, 0.3) is 11.4 Å². The average molecular weight is 601 g/mol. The van der Waals surface area contributed by atoms with Gasteiger partial charge in [-0.25, -0.2) is 15.0 Å². The first kappa shape index (κ1) is 29.9. The van der Waals surface area contributed by atoms with E-state index in [1.54, 1.807) is 36.5 Å². The molecule has 5 rings (SSSR count). The largest absolute Gasteiger partial charge is 0.492 e. The van der Waals surface area contributed by atoms with E-state index in [9.17, 15) is 18.0 Å². The van der Waals surface area contributed by atoms with Gasteiger partial charge in [0.15, 0.2) is 5.82 Å². The van der Waals surface area contributed by atoms with Gasteiger partial charge in [0.1, 0.15) is 24.5 Å². The van der Waals surface area contributed by atoms with Crippen LogP contribution < -0.4 is 26.4 Å². The third-order valence-corrected chi connectivity index (χ3v) is 6.32. The molecule has 10 nitrogen and oxygen atoms in total. The van der Waals surface area contributed by atoms with Gasteiger partial charge in [-0.05, 0) is 79.2 Å². The molecule has 0 bridgehead atoms. The summed E-state index contributed by atoms with van der Waals surface area (Å²) in [5, 5.41) is 9.06. The summed E-state index contributed by atoms with van der Waals surface area (Å²) in [6, 6.07) is 20.2. The highest BCUT2D eigenvalue weighted by Crippen LogP contribution is 2.31. The molecule has 224 valence electrons. The number of nitrogens with two attached hydrogens (primary N) is 1. The number of carbonyl (C=O) groups is 1. The number of benzene rings is 3. The number of rotatable bonds is 10. The lowest BCUT2D eigenvalue weighted by Crippen LogP contribution is -2.14. The van der Waals surface area contributed by atoms with Crippen LogP contribution in [0.15, 0.2) is 91.4 Å². The molecule has 0 atom stereocenters. The zero-order valence-corrected chi connectivity index (χ0v) is 23.4. The third-order valence-electron chi connectivity index (χ3n) is 6.32. The molecule has 2 heterocycles. The molecule has 0 spiro atoms. The van der Waals surface area contributed by atoms with Crippen LogP contribution in [0.2, 0.25) is 0 Å². The van der Waals surface area contributed by atoms with Gasteiger partial charge in [-0.1, -0.05) is 12.1 Å². The Kier molecular flexibility index (Phi) is 8.95. The van der Waals surface area contributed by atoms with E-state index in [1.165, 1.54) is 18.5 Å². The second-order valence-corrected chi connectivity index (χ2v) is 9.51. The van der Waals surface area contributed by atoms with Crippen molar-refractivity contribution in [3.8, 4) is 17.1 Å². The van der Waals surface area contributed by atoms with Crippen LogP contribution >= 0.6 is 0 Å². The maximum absolute atomic E-state index is 13.1. The summed E-state index contributed by atoms with van der Waals surface area (Å²) in [6.45, 7) is 2.70. The van der Waals surface area contributed by atoms with Crippen molar-refractivity contribution in [2.45, 2.75) is 13.1 Å². The fourth-order valence-electron chi connectivity index (χ4n) is 4.11. The minimum Gasteiger partial charge on any atom is -0.492 e. The lowest BCUT2D eigenvalue weighted by molar-refractivity contribution is -0.137. The summed E-state index contributed by atoms with van der Waals surface area (Å²) in [6.07, 6.45) is -1.57. The van der Waals surface area contributed by atoms with E-state index in [2.05, 4.69) is 35.9 Å². The highest BCUT2D eigenvalue weighted by atomic mass is 19.4. The summed E-state index contributed by atoms with van der Waals surface area (Å²) >= 11 is 0. The van der Waals surface area contributed by atoms with Gasteiger partial charge in [-0.2, -0.15) is 18.2 Å². The number of aryl methyl sites for hydroxylation is 1. The van der Waals surface area contributed by atoms with Crippen LogP contribution in [0, 0.1) is 6.92 Å². The summed E-state index contributed by atoms with van der Waals surface area (Å²) in [7, 11) is 0. The maximum Gasteiger partial charge on any atom is 0.416 e. The van der Waals surface area contributed by atoms with Crippen molar-refractivity contribution >= 4 is 34.7 Å². The highest BCUT2D eigenvalue weighted by Gasteiger charge is 2.31. The number of aromatic nitrogens is 4. The standard InChI is InChI=1S/C31H27F3N8O2/c1-19-7-8-23(39-29(43)20-4-2-5-21(16-20)31(32,33)34)17-26(19)41-27-25(6-3-14-36-27)28-37-18-38-30(42-28)40-22-9-11-24(12-10-22)44-15-13-35/h2-12,14,16-18H,13,15,35H2,1H3,(H,36,41)(H,39,43)(H,37,38,40,42). The number of halogens is 3. The van der Waals surface area contributed by atoms with E-state index in [0.29, 0.717) is 53.4 Å². The molecule has 3 aromatic carbocycles. The molecule has 0 saturated carbocycles. The first-order chi connectivity index (χ1) is 21.2. The van der Waals surface area contributed by atoms with Crippen molar-refractivity contribution in [2.24, 2.45) is 5.73 Å². The molecule has 0 unspecified atom stereocenters. The van der Waals surface area contributed by atoms with Crippen molar-refractivity contribution in [3.05, 3.63) is 108 Å². The molecule has 0 fully saturated rings. The van der Waals surface area contributed by atoms with E-state index in [-0.39, 0.29) is 5.56 Å². The van der Waals surface area contributed by atoms with Gasteiger partial charge in [0, 0.05) is 35.4 Å². The maximum atomic E-state index is 13.1. The molecule has 0 aliphatic carbocycles. The second-order valence-electron chi connectivity index (χ2n) is 9.51. The lowest BCUT2D eigenvalue weighted by atomic mass is 10.1. The van der Waals surface area contributed by atoms with Crippen LogP contribution in [0.4, 0.5) is 42.0 Å². The Morgan fingerprint density at radius 2 is 1.70 bits per heavy atom. The Balaban J connectivity index is 1.34. The monoisotopic (exact) mass is 600 g/mol. The lowest BCUT2D eigenvalue weighted by Gasteiger charge is -2.15. The Morgan fingerprint density at radius 1 is 0.909 bits per heavy atom. The van der Waals surface area contributed by atoms with Gasteiger partial charge < -0.3 is 26.4 Å². The number of amides is 1. The Morgan fingerprint density at radius 3 is 2.48 bits per heavy atom. The molecular weight excluding hydrogens is 573 g/mol. The Hall–Kier alpha value is -5.56. The summed E-state index contributed by atoms with van der Waals surface area (Å²) in [5.74, 6) is 1.13. The predicted molar refractivity (Wildman–Crippen MR) is 161 cm³/mol. The normalized spacial score (nSPS) is 11.1. The topological polar surface area (TPSA) is 140 Å². The average Bonchev–Trinajstić information content (AvgIpc) is 3.02. The fraction of sp³-hybridized carbons (Fsp3) is 0.129. The van der Waals surface area contributed by atoms with Gasteiger partial charge in [0.25, 0.3) is 5.91 Å². The van der Waals surface area contributed by atoms with E-state index in [1.807, 2.05) is 31.2 Å². The summed E-state index contributed by atoms with van der Waals surface area (Å²) in [5.41, 5.74) is 7.60. The van der Waals surface area contributed by atoms with Crippen LogP contribution in [0.5, 0.6) is 5.75 Å². The molecule has 0 radical (unpaired) electrons. The molecule has 13 heteroatoms. The van der Waals surface area contributed by atoms with Crippen LogP contribution in [0.3, 0.4) is 0 Å². The SMILES string of the molecule is Cc1ccc(NC(=O)c2cccc(C(F)(F)F)c2)cc1Nc1ncccc1-c1ncnc(Nc2ccc(OCCN)cc2)n1. The number of alkyl halides is 3. The van der Waals surface area contributed by atoms with Crippen molar-refractivity contribution in [3.63, 3.8) is 0 Å². The number of hydrogen-bond donors (Lipinski definition) is 4. The highest BCUT2D eigenvalue weighted by molar-refractivity contribution is 6.04. The molecule has 1 amide bonds. The first-order valence-electron chi connectivity index (χ1n) is 13.4. The quantitative estimate of drug-likeness (QED) is 0.145. The van der Waals surface area contributed by atoms with Crippen LogP contribution in [-0.4, -0.2) is 39.0 Å². The van der Waals surface area contributed by atoms with Crippen molar-refractivity contribution < 1.29 is 22.7 Å². The smallest absolute Gasteiger partial charge is 0.416 e. The molecule has 0 saturated heterocycles. The Bertz CT molecular complexity index is 1760. The number of carbonyl (C=O) groups excluding carboxylic acids is 1. The van der Waals surface area contributed by atoms with Crippen molar-refractivity contribution in [1.29, 1.82) is 0 Å². The van der Waals surface area contributed by atoms with Crippen LogP contribution in [0.1, 0.15) is 21.5 Å². The molecule has 0 aliphatic heterocycles. The second kappa shape index (κ2) is 13.2. The fourth-order valence-corrected chi connectivity index (χ4v) is 4.11. The Labute approximate surface area is 250 Å². The van der Waals surface area contributed by atoms with Crippen molar-refractivity contribution in [2.75, 3.05) is 29.1 Å².